The van der Waals surface area contributed by atoms with E-state index in [1.807, 2.05) is 28.5 Å². The van der Waals surface area contributed by atoms with Crippen LogP contribution in [0.25, 0.3) is 0 Å². The number of carbonyl (C=O) groups is 2. The van der Waals surface area contributed by atoms with E-state index in [9.17, 15) is 9.59 Å². The van der Waals surface area contributed by atoms with Gasteiger partial charge in [0.1, 0.15) is 6.61 Å². The van der Waals surface area contributed by atoms with Crippen LogP contribution in [-0.2, 0) is 20.9 Å². The fraction of sp³-hybridized carbons (Fsp3) is 0.421. The maximum absolute atomic E-state index is 13.3. The van der Waals surface area contributed by atoms with Crippen LogP contribution in [0.1, 0.15) is 30.3 Å². The van der Waals surface area contributed by atoms with Crippen molar-refractivity contribution in [2.24, 2.45) is 5.92 Å². The molecular weight excluding hydrogens is 350 g/mol. The Morgan fingerprint density at radius 1 is 1.42 bits per heavy atom. The minimum atomic E-state index is -0.754. The molecule has 0 aromatic carbocycles. The molecule has 0 bridgehead atoms. The van der Waals surface area contributed by atoms with E-state index in [0.717, 1.165) is 10.4 Å². The molecular formula is C19H23N3O3S. The van der Waals surface area contributed by atoms with Crippen LogP contribution in [0.3, 0.4) is 0 Å². The van der Waals surface area contributed by atoms with E-state index in [2.05, 4.69) is 24.1 Å². The Morgan fingerprint density at radius 3 is 2.92 bits per heavy atom. The SMILES string of the molecule is CC(C)CN(Cc1cccs1)C(=O)[C@H]1OCC(=O)N[C@@H]1c1cccnc1. The summed E-state index contributed by atoms with van der Waals surface area (Å²) in [5.41, 5.74) is 0.763. The molecule has 3 heterocycles. The van der Waals surface area contributed by atoms with E-state index in [1.165, 1.54) is 0 Å². The zero-order chi connectivity index (χ0) is 18.5. The molecule has 138 valence electrons. The van der Waals surface area contributed by atoms with E-state index in [1.54, 1.807) is 29.8 Å². The molecule has 1 fully saturated rings. The van der Waals surface area contributed by atoms with Gasteiger partial charge in [0.15, 0.2) is 6.10 Å². The topological polar surface area (TPSA) is 71.5 Å². The van der Waals surface area contributed by atoms with E-state index < -0.39 is 12.1 Å². The maximum atomic E-state index is 13.3. The van der Waals surface area contributed by atoms with Crippen molar-refractivity contribution in [2.45, 2.75) is 32.5 Å². The second-order valence-corrected chi connectivity index (χ2v) is 7.79. The number of hydrogen-bond acceptors (Lipinski definition) is 5. The summed E-state index contributed by atoms with van der Waals surface area (Å²) in [6.07, 6.45) is 2.57. The molecule has 7 heteroatoms. The molecule has 2 aromatic rings. The van der Waals surface area contributed by atoms with Gasteiger partial charge in [0, 0.05) is 23.8 Å². The highest BCUT2D eigenvalue weighted by Gasteiger charge is 2.38. The Balaban J connectivity index is 1.84. The molecule has 2 atom stereocenters. The first kappa shape index (κ1) is 18.5. The third-order valence-corrected chi connectivity index (χ3v) is 4.99. The predicted molar refractivity (Wildman–Crippen MR) is 99.4 cm³/mol. The van der Waals surface area contributed by atoms with Crippen LogP contribution in [0, 0.1) is 5.92 Å². The quantitative estimate of drug-likeness (QED) is 0.844. The molecule has 2 aromatic heterocycles. The maximum Gasteiger partial charge on any atom is 0.254 e. The molecule has 1 saturated heterocycles. The van der Waals surface area contributed by atoms with Crippen molar-refractivity contribution in [3.8, 4) is 0 Å². The highest BCUT2D eigenvalue weighted by molar-refractivity contribution is 7.09. The first-order valence-corrected chi connectivity index (χ1v) is 9.54. The summed E-state index contributed by atoms with van der Waals surface area (Å²) in [6.45, 7) is 5.22. The molecule has 6 nitrogen and oxygen atoms in total. The number of rotatable bonds is 6. The molecule has 0 spiro atoms. The third-order valence-electron chi connectivity index (χ3n) is 4.12. The average molecular weight is 373 g/mol. The highest BCUT2D eigenvalue weighted by atomic mass is 32.1. The van der Waals surface area contributed by atoms with Gasteiger partial charge >= 0.3 is 0 Å². The van der Waals surface area contributed by atoms with Gasteiger partial charge < -0.3 is 15.0 Å². The molecule has 3 rings (SSSR count). The van der Waals surface area contributed by atoms with Crippen molar-refractivity contribution < 1.29 is 14.3 Å². The number of aromatic nitrogens is 1. The van der Waals surface area contributed by atoms with E-state index >= 15 is 0 Å². The number of nitrogens with zero attached hydrogens (tertiary/aromatic N) is 2. The molecule has 1 aliphatic rings. The molecule has 0 unspecified atom stereocenters. The van der Waals surface area contributed by atoms with Gasteiger partial charge in [0.2, 0.25) is 5.91 Å². The summed E-state index contributed by atoms with van der Waals surface area (Å²) in [7, 11) is 0. The zero-order valence-electron chi connectivity index (χ0n) is 14.9. The van der Waals surface area contributed by atoms with Crippen LogP contribution in [0.15, 0.2) is 42.0 Å². The van der Waals surface area contributed by atoms with Crippen molar-refractivity contribution >= 4 is 23.2 Å². The number of carbonyl (C=O) groups excluding carboxylic acids is 2. The smallest absolute Gasteiger partial charge is 0.254 e. The predicted octanol–water partition coefficient (Wildman–Crippen LogP) is 2.38. The molecule has 1 N–H and O–H groups in total. The summed E-state index contributed by atoms with van der Waals surface area (Å²) in [5, 5.41) is 4.88. The van der Waals surface area contributed by atoms with E-state index in [-0.39, 0.29) is 18.4 Å². The lowest BCUT2D eigenvalue weighted by Gasteiger charge is -2.35. The van der Waals surface area contributed by atoms with E-state index in [4.69, 9.17) is 4.74 Å². The minimum absolute atomic E-state index is 0.109. The Labute approximate surface area is 157 Å². The normalized spacial score (nSPS) is 20.0. The Kier molecular flexibility index (Phi) is 6.00. The van der Waals surface area contributed by atoms with Gasteiger partial charge in [-0.1, -0.05) is 26.0 Å². The van der Waals surface area contributed by atoms with Crippen molar-refractivity contribution in [1.29, 1.82) is 0 Å². The first-order chi connectivity index (χ1) is 12.5. The van der Waals surface area contributed by atoms with Crippen LogP contribution in [0.2, 0.25) is 0 Å². The number of thiophene rings is 1. The molecule has 2 amide bonds. The summed E-state index contributed by atoms with van der Waals surface area (Å²) in [4.78, 5) is 32.2. The Bertz CT molecular complexity index is 734. The lowest BCUT2D eigenvalue weighted by Crippen LogP contribution is -2.53. The number of ether oxygens (including phenoxy) is 1. The van der Waals surface area contributed by atoms with Gasteiger partial charge in [0.25, 0.3) is 5.91 Å². The fourth-order valence-corrected chi connectivity index (χ4v) is 3.75. The lowest BCUT2D eigenvalue weighted by atomic mass is 10.00. The van der Waals surface area contributed by atoms with Gasteiger partial charge in [-0.15, -0.1) is 11.3 Å². The molecule has 0 aliphatic carbocycles. The largest absolute Gasteiger partial charge is 0.356 e. The summed E-state index contributed by atoms with van der Waals surface area (Å²) < 4.78 is 5.67. The van der Waals surface area contributed by atoms with Crippen LogP contribution < -0.4 is 5.32 Å². The van der Waals surface area contributed by atoms with Crippen LogP contribution in [-0.4, -0.2) is 41.0 Å². The molecule has 0 radical (unpaired) electrons. The third kappa shape index (κ3) is 4.47. The fourth-order valence-electron chi connectivity index (χ4n) is 3.03. The Hall–Kier alpha value is -2.25. The second-order valence-electron chi connectivity index (χ2n) is 6.76. The average Bonchev–Trinajstić information content (AvgIpc) is 3.14. The summed E-state index contributed by atoms with van der Waals surface area (Å²) in [6, 6.07) is 7.10. The zero-order valence-corrected chi connectivity index (χ0v) is 15.7. The highest BCUT2D eigenvalue weighted by Crippen LogP contribution is 2.25. The standard InChI is InChI=1S/C19H23N3O3S/c1-13(2)10-22(11-15-6-4-8-26-15)19(24)18-17(21-16(23)12-25-18)14-5-3-7-20-9-14/h3-9,13,17-18H,10-12H2,1-2H3,(H,21,23)/t17-,18+/m1/s1. The van der Waals surface area contributed by atoms with Crippen molar-refractivity contribution in [3.05, 3.63) is 52.5 Å². The van der Waals surface area contributed by atoms with Crippen LogP contribution >= 0.6 is 11.3 Å². The van der Waals surface area contributed by atoms with Crippen molar-refractivity contribution in [1.82, 2.24) is 15.2 Å². The molecule has 0 saturated carbocycles. The lowest BCUT2D eigenvalue weighted by molar-refractivity contribution is -0.156. The van der Waals surface area contributed by atoms with Crippen molar-refractivity contribution in [3.63, 3.8) is 0 Å². The van der Waals surface area contributed by atoms with E-state index in [0.29, 0.717) is 19.0 Å². The Morgan fingerprint density at radius 2 is 2.27 bits per heavy atom. The van der Waals surface area contributed by atoms with Gasteiger partial charge in [-0.3, -0.25) is 14.6 Å². The van der Waals surface area contributed by atoms with Gasteiger partial charge in [-0.25, -0.2) is 0 Å². The molecule has 1 aliphatic heterocycles. The first-order valence-electron chi connectivity index (χ1n) is 8.66. The summed E-state index contributed by atoms with van der Waals surface area (Å²) >= 11 is 1.63. The minimum Gasteiger partial charge on any atom is -0.356 e. The second kappa shape index (κ2) is 8.42. The number of hydrogen-bond donors (Lipinski definition) is 1. The van der Waals surface area contributed by atoms with Gasteiger partial charge in [-0.2, -0.15) is 0 Å². The summed E-state index contributed by atoms with van der Waals surface area (Å²) in [5.74, 6) is -0.00791. The number of nitrogens with one attached hydrogen (secondary N) is 1. The van der Waals surface area contributed by atoms with Gasteiger partial charge in [0.05, 0.1) is 12.6 Å². The number of amides is 2. The number of morpholine rings is 1. The molecule has 26 heavy (non-hydrogen) atoms. The number of pyridine rings is 1. The van der Waals surface area contributed by atoms with Crippen molar-refractivity contribution in [2.75, 3.05) is 13.2 Å². The van der Waals surface area contributed by atoms with Crippen LogP contribution in [0.4, 0.5) is 0 Å². The van der Waals surface area contributed by atoms with Crippen LogP contribution in [0.5, 0.6) is 0 Å². The van der Waals surface area contributed by atoms with Gasteiger partial charge in [-0.05, 0) is 29.0 Å². The monoisotopic (exact) mass is 373 g/mol.